The van der Waals surface area contributed by atoms with Gasteiger partial charge in [0.05, 0.1) is 11.3 Å². The van der Waals surface area contributed by atoms with E-state index in [9.17, 15) is 0 Å². The standard InChI is InChI=1S/C13H10BrClN2/c1-17-12(15)6-10(8-16)13(17)11-5-3-2-4-9(11)7-14/h2-6H,7H2,1H3. The molecule has 0 radical (unpaired) electrons. The zero-order chi connectivity index (χ0) is 12.4. The van der Waals surface area contributed by atoms with Gasteiger partial charge in [0.15, 0.2) is 0 Å². The Labute approximate surface area is 114 Å². The highest BCUT2D eigenvalue weighted by Crippen LogP contribution is 2.31. The summed E-state index contributed by atoms with van der Waals surface area (Å²) in [5, 5.41) is 10.5. The second kappa shape index (κ2) is 4.95. The zero-order valence-corrected chi connectivity index (χ0v) is 11.6. The minimum absolute atomic E-state index is 0.570. The second-order valence-corrected chi connectivity index (χ2v) is 4.64. The quantitative estimate of drug-likeness (QED) is 0.767. The number of nitrogens with zero attached hydrogens (tertiary/aromatic N) is 2. The molecule has 1 aromatic heterocycles. The first kappa shape index (κ1) is 12.2. The van der Waals surface area contributed by atoms with E-state index in [0.717, 1.165) is 22.2 Å². The first-order valence-corrected chi connectivity index (χ1v) is 6.58. The van der Waals surface area contributed by atoms with Crippen LogP contribution in [0.15, 0.2) is 30.3 Å². The Morgan fingerprint density at radius 1 is 1.41 bits per heavy atom. The van der Waals surface area contributed by atoms with Crippen LogP contribution < -0.4 is 0 Å². The van der Waals surface area contributed by atoms with Crippen molar-refractivity contribution < 1.29 is 0 Å². The first-order chi connectivity index (χ1) is 8.19. The van der Waals surface area contributed by atoms with Crippen LogP contribution in [0.5, 0.6) is 0 Å². The van der Waals surface area contributed by atoms with Crippen LogP contribution in [-0.2, 0) is 12.4 Å². The van der Waals surface area contributed by atoms with Gasteiger partial charge in [0.1, 0.15) is 11.2 Å². The molecule has 0 saturated heterocycles. The first-order valence-electron chi connectivity index (χ1n) is 5.08. The molecule has 0 spiro atoms. The lowest BCUT2D eigenvalue weighted by Crippen LogP contribution is -1.95. The summed E-state index contributed by atoms with van der Waals surface area (Å²) in [5.41, 5.74) is 3.65. The van der Waals surface area contributed by atoms with E-state index >= 15 is 0 Å². The van der Waals surface area contributed by atoms with Crippen LogP contribution in [-0.4, -0.2) is 4.57 Å². The number of hydrogen-bond acceptors (Lipinski definition) is 1. The lowest BCUT2D eigenvalue weighted by Gasteiger charge is -2.09. The van der Waals surface area contributed by atoms with Crippen molar-refractivity contribution in [1.29, 1.82) is 5.26 Å². The fourth-order valence-corrected chi connectivity index (χ4v) is 2.53. The molecule has 0 aliphatic carbocycles. The molecule has 0 atom stereocenters. The summed E-state index contributed by atoms with van der Waals surface area (Å²) in [7, 11) is 1.86. The molecule has 2 nitrogen and oxygen atoms in total. The van der Waals surface area contributed by atoms with E-state index in [1.807, 2.05) is 35.9 Å². The van der Waals surface area contributed by atoms with Gasteiger partial charge in [-0.15, -0.1) is 0 Å². The largest absolute Gasteiger partial charge is 0.334 e. The molecule has 0 unspecified atom stereocenters. The SMILES string of the molecule is Cn1c(Cl)cc(C#N)c1-c1ccccc1CBr. The normalized spacial score (nSPS) is 10.2. The van der Waals surface area contributed by atoms with Crippen molar-refractivity contribution in [3.05, 3.63) is 46.6 Å². The minimum atomic E-state index is 0.570. The van der Waals surface area contributed by atoms with Gasteiger partial charge in [-0.1, -0.05) is 51.8 Å². The van der Waals surface area contributed by atoms with Gasteiger partial charge in [0.25, 0.3) is 0 Å². The summed E-state index contributed by atoms with van der Waals surface area (Å²) in [4.78, 5) is 0. The molecule has 86 valence electrons. The molecule has 17 heavy (non-hydrogen) atoms. The predicted molar refractivity (Wildman–Crippen MR) is 73.2 cm³/mol. The van der Waals surface area contributed by atoms with Gasteiger partial charge in [0, 0.05) is 17.9 Å². The van der Waals surface area contributed by atoms with E-state index in [-0.39, 0.29) is 0 Å². The fourth-order valence-electron chi connectivity index (χ4n) is 1.85. The molecule has 4 heteroatoms. The summed E-state index contributed by atoms with van der Waals surface area (Å²) in [6.07, 6.45) is 0. The maximum absolute atomic E-state index is 9.15. The molecule has 1 aromatic carbocycles. The van der Waals surface area contributed by atoms with Gasteiger partial charge in [-0.2, -0.15) is 5.26 Å². The fraction of sp³-hybridized carbons (Fsp3) is 0.154. The lowest BCUT2D eigenvalue weighted by molar-refractivity contribution is 0.935. The highest BCUT2D eigenvalue weighted by molar-refractivity contribution is 9.08. The lowest BCUT2D eigenvalue weighted by atomic mass is 10.0. The van der Waals surface area contributed by atoms with Gasteiger partial charge in [0.2, 0.25) is 0 Å². The summed E-state index contributed by atoms with van der Waals surface area (Å²) < 4.78 is 1.83. The Morgan fingerprint density at radius 2 is 2.12 bits per heavy atom. The van der Waals surface area contributed by atoms with Gasteiger partial charge in [-0.3, -0.25) is 0 Å². The van der Waals surface area contributed by atoms with Gasteiger partial charge < -0.3 is 4.57 Å². The number of aromatic nitrogens is 1. The molecule has 0 bridgehead atoms. The summed E-state index contributed by atoms with van der Waals surface area (Å²) in [6, 6.07) is 11.9. The third-order valence-corrected chi connectivity index (χ3v) is 3.68. The summed E-state index contributed by atoms with van der Waals surface area (Å²) >= 11 is 9.52. The van der Waals surface area contributed by atoms with Crippen molar-refractivity contribution in [1.82, 2.24) is 4.57 Å². The maximum atomic E-state index is 9.15. The van der Waals surface area contributed by atoms with Crippen LogP contribution >= 0.6 is 27.5 Å². The number of halogens is 2. The number of alkyl halides is 1. The van der Waals surface area contributed by atoms with E-state index < -0.39 is 0 Å². The van der Waals surface area contributed by atoms with E-state index in [2.05, 4.69) is 22.0 Å². The zero-order valence-electron chi connectivity index (χ0n) is 9.24. The maximum Gasteiger partial charge on any atom is 0.110 e. The Morgan fingerprint density at radius 3 is 2.76 bits per heavy atom. The second-order valence-electron chi connectivity index (χ2n) is 3.69. The number of nitriles is 1. The Hall–Kier alpha value is -1.24. The highest BCUT2D eigenvalue weighted by atomic mass is 79.9. The van der Waals surface area contributed by atoms with Crippen molar-refractivity contribution in [2.24, 2.45) is 7.05 Å². The monoisotopic (exact) mass is 308 g/mol. The minimum Gasteiger partial charge on any atom is -0.334 e. The molecule has 0 amide bonds. The van der Waals surface area contributed by atoms with Gasteiger partial charge in [-0.25, -0.2) is 0 Å². The average molecular weight is 310 g/mol. The third-order valence-electron chi connectivity index (χ3n) is 2.71. The van der Waals surface area contributed by atoms with E-state index in [1.54, 1.807) is 6.07 Å². The topological polar surface area (TPSA) is 28.7 Å². The van der Waals surface area contributed by atoms with Crippen molar-refractivity contribution in [3.63, 3.8) is 0 Å². The highest BCUT2D eigenvalue weighted by Gasteiger charge is 2.15. The molecular formula is C13H10BrClN2. The van der Waals surface area contributed by atoms with Crippen LogP contribution in [0.3, 0.4) is 0 Å². The van der Waals surface area contributed by atoms with Crippen molar-refractivity contribution in [2.75, 3.05) is 0 Å². The molecule has 0 aliphatic heterocycles. The van der Waals surface area contributed by atoms with Gasteiger partial charge in [-0.05, 0) is 11.6 Å². The Kier molecular flexibility index (Phi) is 3.56. The smallest absolute Gasteiger partial charge is 0.110 e. The molecule has 0 N–H and O–H groups in total. The molecule has 1 heterocycles. The molecule has 0 aliphatic rings. The number of benzene rings is 1. The van der Waals surface area contributed by atoms with E-state index in [1.165, 1.54) is 0 Å². The Bertz CT molecular complexity index is 596. The van der Waals surface area contributed by atoms with Crippen LogP contribution in [0.4, 0.5) is 0 Å². The third kappa shape index (κ3) is 2.11. The van der Waals surface area contributed by atoms with Crippen LogP contribution in [0.25, 0.3) is 11.3 Å². The number of hydrogen-bond donors (Lipinski definition) is 0. The molecule has 0 fully saturated rings. The summed E-state index contributed by atoms with van der Waals surface area (Å²) in [6.45, 7) is 0. The number of rotatable bonds is 2. The van der Waals surface area contributed by atoms with Crippen LogP contribution in [0.2, 0.25) is 5.15 Å². The molecule has 2 aromatic rings. The van der Waals surface area contributed by atoms with E-state index in [4.69, 9.17) is 16.9 Å². The predicted octanol–water partition coefficient (Wildman–Crippen LogP) is 4.11. The molecule has 0 saturated carbocycles. The van der Waals surface area contributed by atoms with Crippen molar-refractivity contribution in [3.8, 4) is 17.3 Å². The Balaban J connectivity index is 2.73. The average Bonchev–Trinajstić information content (AvgIpc) is 2.65. The van der Waals surface area contributed by atoms with Crippen molar-refractivity contribution in [2.45, 2.75) is 5.33 Å². The van der Waals surface area contributed by atoms with Crippen LogP contribution in [0, 0.1) is 11.3 Å². The molecular weight excluding hydrogens is 300 g/mol. The van der Waals surface area contributed by atoms with Crippen molar-refractivity contribution >= 4 is 27.5 Å². The van der Waals surface area contributed by atoms with Gasteiger partial charge >= 0.3 is 0 Å². The van der Waals surface area contributed by atoms with E-state index in [0.29, 0.717) is 10.7 Å². The van der Waals surface area contributed by atoms with Crippen LogP contribution in [0.1, 0.15) is 11.1 Å². The molecule has 2 rings (SSSR count). The summed E-state index contributed by atoms with van der Waals surface area (Å²) in [5.74, 6) is 0.